The van der Waals surface area contributed by atoms with Crippen molar-refractivity contribution in [3.63, 3.8) is 0 Å². The highest BCUT2D eigenvalue weighted by molar-refractivity contribution is 7.11. The van der Waals surface area contributed by atoms with Crippen molar-refractivity contribution >= 4 is 11.3 Å². The Bertz CT molecular complexity index is 1220. The van der Waals surface area contributed by atoms with E-state index in [1.165, 1.54) is 69.9 Å². The highest BCUT2D eigenvalue weighted by Crippen LogP contribution is 2.40. The highest BCUT2D eigenvalue weighted by Gasteiger charge is 2.24. The summed E-state index contributed by atoms with van der Waals surface area (Å²) in [6.07, 6.45) is 11.5. The quantitative estimate of drug-likeness (QED) is 0.136. The molecule has 0 N–H and O–H groups in total. The van der Waals surface area contributed by atoms with Crippen molar-refractivity contribution in [1.82, 2.24) is 9.80 Å². The number of ether oxygens (including phenoxy) is 3. The number of hydrogen-bond acceptors (Lipinski definition) is 6. The fourth-order valence-electron chi connectivity index (χ4n) is 6.06. The zero-order chi connectivity index (χ0) is 30.5. The molecule has 2 heterocycles. The van der Waals surface area contributed by atoms with E-state index in [1.54, 1.807) is 31.1 Å². The molecule has 1 fully saturated rings. The van der Waals surface area contributed by atoms with E-state index >= 15 is 0 Å². The minimum absolute atomic E-state index is 0.354. The van der Waals surface area contributed by atoms with Gasteiger partial charge in [0.1, 0.15) is 0 Å². The van der Waals surface area contributed by atoms with Crippen LogP contribution in [0.5, 0.6) is 17.2 Å². The Labute approximate surface area is 265 Å². The van der Waals surface area contributed by atoms with Crippen LogP contribution in [0.25, 0.3) is 0 Å². The molecule has 0 saturated carbocycles. The van der Waals surface area contributed by atoms with Gasteiger partial charge in [0.05, 0.1) is 21.3 Å². The molecule has 6 heteroatoms. The molecule has 5 nitrogen and oxygen atoms in total. The summed E-state index contributed by atoms with van der Waals surface area (Å²) in [4.78, 5) is 8.29. The maximum atomic E-state index is 5.71. The molecule has 2 aromatic carbocycles. The minimum Gasteiger partial charge on any atom is -0.493 e. The monoisotopic (exact) mass is 606 g/mol. The lowest BCUT2D eigenvalue weighted by Crippen LogP contribution is -2.46. The number of rotatable bonds is 18. The molecule has 1 saturated heterocycles. The second-order valence-corrected chi connectivity index (χ2v) is 14.0. The van der Waals surface area contributed by atoms with Gasteiger partial charge in [0.25, 0.3) is 0 Å². The third kappa shape index (κ3) is 10.5. The van der Waals surface area contributed by atoms with E-state index in [2.05, 4.69) is 72.2 Å². The fourth-order valence-corrected chi connectivity index (χ4v) is 7.12. The molecule has 43 heavy (non-hydrogen) atoms. The largest absolute Gasteiger partial charge is 0.493 e. The Hall–Kier alpha value is -2.54. The summed E-state index contributed by atoms with van der Waals surface area (Å²) >= 11 is 2.05. The van der Waals surface area contributed by atoms with Gasteiger partial charge >= 0.3 is 0 Å². The van der Waals surface area contributed by atoms with Gasteiger partial charge in [-0.25, -0.2) is 0 Å². The summed E-state index contributed by atoms with van der Waals surface area (Å²) in [5.74, 6) is 2.15. The van der Waals surface area contributed by atoms with E-state index in [4.69, 9.17) is 14.2 Å². The molecule has 0 bridgehead atoms. The third-order valence-corrected chi connectivity index (χ3v) is 10.2. The molecule has 0 aliphatic carbocycles. The van der Waals surface area contributed by atoms with Crippen molar-refractivity contribution in [2.75, 3.05) is 54.1 Å². The standard InChI is InChI=1S/C37H54N2O3S/c1-37(2,22-21-33-19-18-32(43-33)16-12-7-6-9-13-30-14-10-8-11-15-30)23-24-38-25-27-39(28-26-38)29-31-17-20-34(40-3)36(42-5)35(31)41-4/h8,10-11,14-15,17-20H,6-7,9,12-13,16,21-29H2,1-5H3. The second kappa shape index (κ2) is 17.1. The van der Waals surface area contributed by atoms with Crippen molar-refractivity contribution in [2.45, 2.75) is 78.2 Å². The van der Waals surface area contributed by atoms with Crippen molar-refractivity contribution in [2.24, 2.45) is 5.41 Å². The predicted molar refractivity (Wildman–Crippen MR) is 181 cm³/mol. The molecule has 1 aliphatic heterocycles. The van der Waals surface area contributed by atoms with E-state index in [0.717, 1.165) is 44.0 Å². The lowest BCUT2D eigenvalue weighted by atomic mass is 9.84. The van der Waals surface area contributed by atoms with Gasteiger partial charge in [-0.2, -0.15) is 0 Å². The van der Waals surface area contributed by atoms with Crippen LogP contribution in [0.15, 0.2) is 54.6 Å². The summed E-state index contributed by atoms with van der Waals surface area (Å²) < 4.78 is 16.7. The molecule has 1 aliphatic rings. The van der Waals surface area contributed by atoms with Crippen LogP contribution in [0.4, 0.5) is 0 Å². The van der Waals surface area contributed by atoms with Crippen molar-refractivity contribution in [3.05, 3.63) is 75.5 Å². The first-order valence-electron chi connectivity index (χ1n) is 16.2. The lowest BCUT2D eigenvalue weighted by Gasteiger charge is -2.36. The number of thiophene rings is 1. The van der Waals surface area contributed by atoms with Crippen LogP contribution in [0.1, 0.15) is 73.3 Å². The Balaban J connectivity index is 1.11. The zero-order valence-electron chi connectivity index (χ0n) is 27.3. The Kier molecular flexibility index (Phi) is 13.2. The average Bonchev–Trinajstić information content (AvgIpc) is 3.49. The van der Waals surface area contributed by atoms with Crippen molar-refractivity contribution in [3.8, 4) is 17.2 Å². The van der Waals surface area contributed by atoms with Gasteiger partial charge in [0.2, 0.25) is 5.75 Å². The number of hydrogen-bond donors (Lipinski definition) is 0. The van der Waals surface area contributed by atoms with Crippen LogP contribution < -0.4 is 14.2 Å². The molecule has 1 aromatic heterocycles. The number of methoxy groups -OCH3 is 3. The summed E-state index contributed by atoms with van der Waals surface area (Å²) in [5, 5.41) is 0. The molecule has 0 amide bonds. The first-order valence-corrected chi connectivity index (χ1v) is 17.1. The van der Waals surface area contributed by atoms with Crippen molar-refractivity contribution in [1.29, 1.82) is 0 Å². The van der Waals surface area contributed by atoms with E-state index in [-0.39, 0.29) is 0 Å². The summed E-state index contributed by atoms with van der Waals surface area (Å²) in [6, 6.07) is 19.7. The summed E-state index contributed by atoms with van der Waals surface area (Å²) in [6.45, 7) is 11.3. The van der Waals surface area contributed by atoms with Gasteiger partial charge in [-0.15, -0.1) is 11.3 Å². The van der Waals surface area contributed by atoms with Crippen LogP contribution >= 0.6 is 11.3 Å². The Morgan fingerprint density at radius 3 is 1.98 bits per heavy atom. The van der Waals surface area contributed by atoms with E-state index in [1.807, 2.05) is 17.4 Å². The first kappa shape index (κ1) is 33.4. The molecule has 236 valence electrons. The first-order chi connectivity index (χ1) is 20.9. The second-order valence-electron chi connectivity index (χ2n) is 12.8. The summed E-state index contributed by atoms with van der Waals surface area (Å²) in [7, 11) is 5.03. The molecule has 0 spiro atoms. The van der Waals surface area contributed by atoms with Gasteiger partial charge in [0.15, 0.2) is 11.5 Å². The molecule has 3 aromatic rings. The zero-order valence-corrected chi connectivity index (χ0v) is 28.1. The van der Waals surface area contributed by atoms with Crippen LogP contribution in [0, 0.1) is 5.41 Å². The van der Waals surface area contributed by atoms with Gasteiger partial charge in [-0.3, -0.25) is 4.90 Å². The normalized spacial score (nSPS) is 14.6. The van der Waals surface area contributed by atoms with Gasteiger partial charge in [0, 0.05) is 48.0 Å². The maximum Gasteiger partial charge on any atom is 0.203 e. The molecule has 4 rings (SSSR count). The number of benzene rings is 2. The van der Waals surface area contributed by atoms with Gasteiger partial charge in [-0.05, 0) is 80.7 Å². The van der Waals surface area contributed by atoms with Crippen LogP contribution in [-0.2, 0) is 25.8 Å². The molecular formula is C37H54N2O3S. The Morgan fingerprint density at radius 2 is 1.30 bits per heavy atom. The topological polar surface area (TPSA) is 34.2 Å². The SMILES string of the molecule is COc1ccc(CN2CCN(CCC(C)(C)CCc3ccc(CCCCCCc4ccccc4)s3)CC2)c(OC)c1OC. The molecule has 0 radical (unpaired) electrons. The Morgan fingerprint density at radius 1 is 0.651 bits per heavy atom. The lowest BCUT2D eigenvalue weighted by molar-refractivity contribution is 0.112. The number of aryl methyl sites for hydroxylation is 3. The number of nitrogens with zero attached hydrogens (tertiary/aromatic N) is 2. The van der Waals surface area contributed by atoms with E-state index in [9.17, 15) is 0 Å². The molecule has 0 unspecified atom stereocenters. The van der Waals surface area contributed by atoms with Gasteiger partial charge in [-0.1, -0.05) is 63.1 Å². The van der Waals surface area contributed by atoms with E-state index in [0.29, 0.717) is 16.9 Å². The fraction of sp³-hybridized carbons (Fsp3) is 0.568. The van der Waals surface area contributed by atoms with Crippen molar-refractivity contribution < 1.29 is 14.2 Å². The number of unbranched alkanes of at least 4 members (excludes halogenated alkanes) is 3. The number of piperazine rings is 1. The molecular weight excluding hydrogens is 552 g/mol. The van der Waals surface area contributed by atoms with Gasteiger partial charge < -0.3 is 19.1 Å². The average molecular weight is 607 g/mol. The molecule has 0 atom stereocenters. The predicted octanol–water partition coefficient (Wildman–Crippen LogP) is 8.29. The maximum absolute atomic E-state index is 5.71. The highest BCUT2D eigenvalue weighted by atomic mass is 32.1. The van der Waals surface area contributed by atoms with E-state index < -0.39 is 0 Å². The van der Waals surface area contributed by atoms with Crippen LogP contribution in [-0.4, -0.2) is 63.9 Å². The minimum atomic E-state index is 0.354. The summed E-state index contributed by atoms with van der Waals surface area (Å²) in [5.41, 5.74) is 2.97. The smallest absolute Gasteiger partial charge is 0.203 e. The van der Waals surface area contributed by atoms with Crippen LogP contribution in [0.2, 0.25) is 0 Å². The van der Waals surface area contributed by atoms with Crippen LogP contribution in [0.3, 0.4) is 0 Å². The third-order valence-electron chi connectivity index (χ3n) is 9.00.